The number of benzene rings is 1. The van der Waals surface area contributed by atoms with E-state index in [9.17, 15) is 8.42 Å². The number of furan rings is 1. The summed E-state index contributed by atoms with van der Waals surface area (Å²) in [5.41, 5.74) is 0.682. The van der Waals surface area contributed by atoms with Crippen molar-refractivity contribution in [3.05, 3.63) is 54.0 Å². The van der Waals surface area contributed by atoms with Crippen LogP contribution in [-0.2, 0) is 23.1 Å². The molecule has 0 radical (unpaired) electrons. The molecule has 0 aliphatic carbocycles. The van der Waals surface area contributed by atoms with Crippen molar-refractivity contribution in [3.8, 4) is 0 Å². The summed E-state index contributed by atoms with van der Waals surface area (Å²) in [7, 11) is -1.54. The Hall–Kier alpha value is -2.36. The highest BCUT2D eigenvalue weighted by Gasteiger charge is 2.29. The van der Waals surface area contributed by atoms with Gasteiger partial charge in [0.05, 0.1) is 24.2 Å². The Morgan fingerprint density at radius 1 is 1.10 bits per heavy atom. The van der Waals surface area contributed by atoms with Crippen LogP contribution in [-0.4, -0.2) is 63.4 Å². The van der Waals surface area contributed by atoms with E-state index in [0.717, 1.165) is 18.8 Å². The number of rotatable bonds is 7. The Labute approximate surface area is 172 Å². The highest BCUT2D eigenvalue weighted by molar-refractivity contribution is 7.89. The van der Waals surface area contributed by atoms with E-state index in [4.69, 9.17) is 4.42 Å². The van der Waals surface area contributed by atoms with Crippen LogP contribution in [0, 0.1) is 0 Å². The summed E-state index contributed by atoms with van der Waals surface area (Å²) < 4.78 is 33.3. The summed E-state index contributed by atoms with van der Waals surface area (Å²) in [6, 6.07) is 10.8. The Morgan fingerprint density at radius 3 is 2.55 bits per heavy atom. The summed E-state index contributed by atoms with van der Waals surface area (Å²) in [6.07, 6.45) is 1.63. The molecule has 1 aliphatic heterocycles. The van der Waals surface area contributed by atoms with Gasteiger partial charge in [0.25, 0.3) is 0 Å². The lowest BCUT2D eigenvalue weighted by molar-refractivity contribution is 0.222. The normalized spacial score (nSPS) is 16.7. The first-order chi connectivity index (χ1) is 14.0. The second-order valence-corrected chi connectivity index (χ2v) is 8.85. The molecule has 0 bridgehead atoms. The summed E-state index contributed by atoms with van der Waals surface area (Å²) in [6.45, 7) is 5.92. The van der Waals surface area contributed by atoms with Crippen molar-refractivity contribution >= 4 is 16.0 Å². The van der Waals surface area contributed by atoms with Gasteiger partial charge in [0, 0.05) is 32.7 Å². The smallest absolute Gasteiger partial charge is 0.243 e. The first kappa shape index (κ1) is 21.4. The van der Waals surface area contributed by atoms with E-state index in [1.165, 1.54) is 0 Å². The van der Waals surface area contributed by atoms with Crippen LogP contribution in [0.4, 0.5) is 0 Å². The molecule has 1 aliphatic rings. The summed E-state index contributed by atoms with van der Waals surface area (Å²) in [5.74, 6) is 1.41. The van der Waals surface area contributed by atoms with Crippen molar-refractivity contribution in [1.82, 2.24) is 19.8 Å². The van der Waals surface area contributed by atoms with E-state index in [0.29, 0.717) is 42.6 Å². The largest absolute Gasteiger partial charge is 0.467 e. The molecule has 2 heterocycles. The van der Waals surface area contributed by atoms with Gasteiger partial charge in [0.2, 0.25) is 10.0 Å². The average molecular weight is 420 g/mol. The molecule has 1 aromatic carbocycles. The second kappa shape index (κ2) is 9.91. The third-order valence-electron chi connectivity index (χ3n) is 4.81. The number of nitrogens with one attached hydrogen (secondary N) is 2. The van der Waals surface area contributed by atoms with Gasteiger partial charge in [-0.15, -0.1) is 0 Å². The number of hydrogen-bond donors (Lipinski definition) is 2. The van der Waals surface area contributed by atoms with E-state index < -0.39 is 10.0 Å². The number of nitrogens with zero attached hydrogens (tertiary/aromatic N) is 3. The molecule has 2 aromatic rings. The number of guanidine groups is 1. The van der Waals surface area contributed by atoms with Gasteiger partial charge in [0.15, 0.2) is 5.96 Å². The maximum Gasteiger partial charge on any atom is 0.243 e. The Morgan fingerprint density at radius 2 is 1.86 bits per heavy atom. The van der Waals surface area contributed by atoms with Gasteiger partial charge in [-0.25, -0.2) is 13.4 Å². The molecule has 2 N–H and O–H groups in total. The lowest BCUT2D eigenvalue weighted by atomic mass is 10.2. The predicted molar refractivity (Wildman–Crippen MR) is 113 cm³/mol. The van der Waals surface area contributed by atoms with Crippen molar-refractivity contribution in [3.63, 3.8) is 0 Å². The summed E-state index contributed by atoms with van der Waals surface area (Å²) >= 11 is 0. The van der Waals surface area contributed by atoms with Crippen LogP contribution in [0.15, 0.2) is 57.0 Å². The van der Waals surface area contributed by atoms with E-state index >= 15 is 0 Å². The molecule has 9 heteroatoms. The quantitative estimate of drug-likeness (QED) is 0.522. The fraction of sp³-hybridized carbons (Fsp3) is 0.450. The highest BCUT2D eigenvalue weighted by atomic mass is 32.2. The minimum absolute atomic E-state index is 0.261. The SMILES string of the molecule is CCNC(=NCc1ccccc1S(=O)(=O)N1CCN(C)CC1)NCc1ccco1. The van der Waals surface area contributed by atoms with E-state index in [1.807, 2.05) is 38.2 Å². The minimum atomic E-state index is -3.54. The first-order valence-corrected chi connectivity index (χ1v) is 11.3. The fourth-order valence-corrected chi connectivity index (χ4v) is 4.78. The predicted octanol–water partition coefficient (Wildman–Crippen LogP) is 1.47. The number of sulfonamides is 1. The van der Waals surface area contributed by atoms with Crippen molar-refractivity contribution in [1.29, 1.82) is 0 Å². The molecule has 1 saturated heterocycles. The monoisotopic (exact) mass is 419 g/mol. The van der Waals surface area contributed by atoms with Crippen LogP contribution in [0.2, 0.25) is 0 Å². The molecular weight excluding hydrogens is 390 g/mol. The van der Waals surface area contributed by atoms with Gasteiger partial charge >= 0.3 is 0 Å². The highest BCUT2D eigenvalue weighted by Crippen LogP contribution is 2.22. The molecule has 0 unspecified atom stereocenters. The van der Waals surface area contributed by atoms with E-state index in [1.54, 1.807) is 22.7 Å². The lowest BCUT2D eigenvalue weighted by Crippen LogP contribution is -2.47. The summed E-state index contributed by atoms with van der Waals surface area (Å²) in [5, 5.41) is 6.37. The maximum absolute atomic E-state index is 13.2. The van der Waals surface area contributed by atoms with Crippen LogP contribution in [0.1, 0.15) is 18.2 Å². The standard InChI is InChI=1S/C20H29N5O3S/c1-3-21-20(23-16-18-8-6-14-28-18)22-15-17-7-4-5-9-19(17)29(26,27)25-12-10-24(2)11-13-25/h4-9,14H,3,10-13,15-16H2,1-2H3,(H2,21,22,23). The van der Waals surface area contributed by atoms with Gasteiger partial charge in [-0.3, -0.25) is 0 Å². The third kappa shape index (κ3) is 5.59. The molecule has 8 nitrogen and oxygen atoms in total. The van der Waals surface area contributed by atoms with Crippen LogP contribution < -0.4 is 10.6 Å². The van der Waals surface area contributed by atoms with Crippen molar-refractivity contribution in [2.24, 2.45) is 4.99 Å². The molecule has 1 fully saturated rings. The second-order valence-electron chi connectivity index (χ2n) is 6.94. The van der Waals surface area contributed by atoms with Gasteiger partial charge in [-0.05, 0) is 37.7 Å². The third-order valence-corrected chi connectivity index (χ3v) is 6.81. The molecule has 0 amide bonds. The number of aliphatic imine (C=N–C) groups is 1. The Bertz CT molecular complexity index is 904. The number of likely N-dealkylation sites (N-methyl/N-ethyl adjacent to an activating group) is 1. The van der Waals surface area contributed by atoms with Gasteiger partial charge < -0.3 is 20.0 Å². The fourth-order valence-electron chi connectivity index (χ4n) is 3.14. The van der Waals surface area contributed by atoms with Crippen LogP contribution in [0.3, 0.4) is 0 Å². The number of hydrogen-bond acceptors (Lipinski definition) is 5. The van der Waals surface area contributed by atoms with Crippen LogP contribution in [0.25, 0.3) is 0 Å². The molecule has 158 valence electrons. The molecule has 1 aromatic heterocycles. The maximum atomic E-state index is 13.2. The topological polar surface area (TPSA) is 90.2 Å². The minimum Gasteiger partial charge on any atom is -0.467 e. The molecule has 0 spiro atoms. The molecule has 3 rings (SSSR count). The van der Waals surface area contributed by atoms with Crippen LogP contribution >= 0.6 is 0 Å². The Balaban J connectivity index is 1.75. The molecule has 0 atom stereocenters. The average Bonchev–Trinajstić information content (AvgIpc) is 3.24. The first-order valence-electron chi connectivity index (χ1n) is 9.82. The van der Waals surface area contributed by atoms with Gasteiger partial charge in [0.1, 0.15) is 5.76 Å². The van der Waals surface area contributed by atoms with Crippen molar-refractivity contribution in [2.75, 3.05) is 39.8 Å². The lowest BCUT2D eigenvalue weighted by Gasteiger charge is -2.32. The zero-order valence-corrected chi connectivity index (χ0v) is 17.8. The number of piperazine rings is 1. The molecular formula is C20H29N5O3S. The molecule has 0 saturated carbocycles. The van der Waals surface area contributed by atoms with Crippen LogP contribution in [0.5, 0.6) is 0 Å². The molecule has 29 heavy (non-hydrogen) atoms. The Kier molecular flexibility index (Phi) is 7.29. The summed E-state index contributed by atoms with van der Waals surface area (Å²) in [4.78, 5) is 7.04. The van der Waals surface area contributed by atoms with Gasteiger partial charge in [-0.2, -0.15) is 4.31 Å². The van der Waals surface area contributed by atoms with E-state index in [2.05, 4.69) is 20.5 Å². The zero-order chi connectivity index (χ0) is 20.7. The van der Waals surface area contributed by atoms with Crippen molar-refractivity contribution in [2.45, 2.75) is 24.9 Å². The van der Waals surface area contributed by atoms with E-state index in [-0.39, 0.29) is 6.54 Å². The van der Waals surface area contributed by atoms with Gasteiger partial charge in [-0.1, -0.05) is 18.2 Å². The van der Waals surface area contributed by atoms with Crippen molar-refractivity contribution < 1.29 is 12.8 Å². The zero-order valence-electron chi connectivity index (χ0n) is 17.0.